The van der Waals surface area contributed by atoms with E-state index in [1.165, 1.54) is 77.0 Å². The van der Waals surface area contributed by atoms with E-state index in [0.717, 1.165) is 89.9 Å². The van der Waals surface area contributed by atoms with E-state index in [2.05, 4.69) is 62.5 Å². The number of rotatable bonds is 34. The SMILES string of the molecule is CCCC/C=C\C/C=C\CCCCCCCC(=O)OC(CCC/C=C\C/C=C\CCCCCCC)CCCCCCCC(=O)O. The van der Waals surface area contributed by atoms with Gasteiger partial charge in [-0.3, -0.25) is 9.59 Å². The van der Waals surface area contributed by atoms with Crippen LogP contribution in [0, 0.1) is 0 Å². The van der Waals surface area contributed by atoms with Gasteiger partial charge in [-0.25, -0.2) is 0 Å². The highest BCUT2D eigenvalue weighted by Gasteiger charge is 2.14. The molecule has 0 saturated heterocycles. The van der Waals surface area contributed by atoms with E-state index in [0.29, 0.717) is 6.42 Å². The van der Waals surface area contributed by atoms with Crippen LogP contribution in [0.2, 0.25) is 0 Å². The minimum absolute atomic E-state index is 0.00537. The lowest BCUT2D eigenvalue weighted by Crippen LogP contribution is -2.18. The number of hydrogen-bond donors (Lipinski definition) is 1. The van der Waals surface area contributed by atoms with Gasteiger partial charge < -0.3 is 9.84 Å². The van der Waals surface area contributed by atoms with Gasteiger partial charge in [-0.1, -0.05) is 140 Å². The van der Waals surface area contributed by atoms with E-state index in [1.54, 1.807) is 0 Å². The maximum absolute atomic E-state index is 12.6. The number of aliphatic carboxylic acids is 1. The van der Waals surface area contributed by atoms with Crippen LogP contribution in [0.25, 0.3) is 0 Å². The van der Waals surface area contributed by atoms with Crippen molar-refractivity contribution in [1.82, 2.24) is 0 Å². The Morgan fingerprint density at radius 2 is 0.911 bits per heavy atom. The second-order valence-electron chi connectivity index (χ2n) is 12.8. The standard InChI is InChI=1S/C41H72O4/c1-3-5-7-9-11-13-15-17-19-21-23-25-30-34-38-41(44)45-39(36-32-28-26-29-33-37-40(42)43)35-31-27-24-22-20-18-16-14-12-10-8-6-4-2/h9,11,15-18,22,24,39H,3-8,10,12-14,19-21,23,25-38H2,1-2H3,(H,42,43)/b11-9-,17-15-,18-16-,24-22-. The van der Waals surface area contributed by atoms with Gasteiger partial charge in [0.05, 0.1) is 0 Å². The van der Waals surface area contributed by atoms with Gasteiger partial charge in [0, 0.05) is 12.8 Å². The Bertz CT molecular complexity index is 763. The third-order valence-corrected chi connectivity index (χ3v) is 8.27. The number of unbranched alkanes of at least 4 members (excludes halogenated alkanes) is 17. The number of carboxylic acid groups (broad SMARTS) is 1. The zero-order chi connectivity index (χ0) is 32.9. The van der Waals surface area contributed by atoms with Crippen LogP contribution in [0.1, 0.15) is 194 Å². The van der Waals surface area contributed by atoms with Crippen molar-refractivity contribution >= 4 is 11.9 Å². The van der Waals surface area contributed by atoms with Gasteiger partial charge in [-0.2, -0.15) is 0 Å². The molecule has 0 aromatic rings. The quantitative estimate of drug-likeness (QED) is 0.0437. The normalized spacial score (nSPS) is 12.8. The van der Waals surface area contributed by atoms with E-state index in [-0.39, 0.29) is 18.5 Å². The molecule has 0 aromatic heterocycles. The Morgan fingerprint density at radius 1 is 0.489 bits per heavy atom. The fourth-order valence-corrected chi connectivity index (χ4v) is 5.41. The Kier molecular flexibility index (Phi) is 34.7. The Morgan fingerprint density at radius 3 is 1.47 bits per heavy atom. The van der Waals surface area contributed by atoms with Crippen LogP contribution < -0.4 is 0 Å². The van der Waals surface area contributed by atoms with Gasteiger partial charge >= 0.3 is 11.9 Å². The van der Waals surface area contributed by atoms with Crippen molar-refractivity contribution in [2.45, 2.75) is 200 Å². The highest BCUT2D eigenvalue weighted by atomic mass is 16.5. The van der Waals surface area contributed by atoms with Crippen LogP contribution in [-0.4, -0.2) is 23.1 Å². The van der Waals surface area contributed by atoms with Crippen LogP contribution in [0.4, 0.5) is 0 Å². The summed E-state index contributed by atoms with van der Waals surface area (Å²) in [5, 5.41) is 8.81. The van der Waals surface area contributed by atoms with Gasteiger partial charge in [0.1, 0.15) is 6.10 Å². The molecule has 260 valence electrons. The summed E-state index contributed by atoms with van der Waals surface area (Å²) < 4.78 is 5.96. The van der Waals surface area contributed by atoms with Crippen molar-refractivity contribution in [3.05, 3.63) is 48.6 Å². The lowest BCUT2D eigenvalue weighted by Gasteiger charge is -2.18. The summed E-state index contributed by atoms with van der Waals surface area (Å²) >= 11 is 0. The molecule has 0 amide bonds. The van der Waals surface area contributed by atoms with Gasteiger partial charge in [-0.05, 0) is 89.9 Å². The van der Waals surface area contributed by atoms with Crippen LogP contribution >= 0.6 is 0 Å². The monoisotopic (exact) mass is 629 g/mol. The Labute approximate surface area is 279 Å². The van der Waals surface area contributed by atoms with Crippen molar-refractivity contribution < 1.29 is 19.4 Å². The molecule has 0 bridgehead atoms. The van der Waals surface area contributed by atoms with Crippen molar-refractivity contribution in [2.75, 3.05) is 0 Å². The second-order valence-corrected chi connectivity index (χ2v) is 12.8. The van der Waals surface area contributed by atoms with Gasteiger partial charge in [0.15, 0.2) is 0 Å². The first-order chi connectivity index (χ1) is 22.1. The minimum atomic E-state index is -0.710. The van der Waals surface area contributed by atoms with E-state index in [1.807, 2.05) is 0 Å². The molecule has 1 N–H and O–H groups in total. The number of carbonyl (C=O) groups excluding carboxylic acids is 1. The smallest absolute Gasteiger partial charge is 0.306 e. The third-order valence-electron chi connectivity index (χ3n) is 8.27. The highest BCUT2D eigenvalue weighted by molar-refractivity contribution is 5.69. The summed E-state index contributed by atoms with van der Waals surface area (Å²) in [6, 6.07) is 0. The first-order valence-corrected chi connectivity index (χ1v) is 19.1. The van der Waals surface area contributed by atoms with Crippen molar-refractivity contribution in [2.24, 2.45) is 0 Å². The minimum Gasteiger partial charge on any atom is -0.481 e. The zero-order valence-corrected chi connectivity index (χ0v) is 29.7. The molecule has 0 aliphatic carbocycles. The number of carbonyl (C=O) groups is 2. The van der Waals surface area contributed by atoms with Gasteiger partial charge in [0.25, 0.3) is 0 Å². The fraction of sp³-hybridized carbons (Fsp3) is 0.756. The number of esters is 1. The maximum Gasteiger partial charge on any atom is 0.306 e. The molecule has 0 aliphatic rings. The maximum atomic E-state index is 12.6. The molecule has 0 spiro atoms. The van der Waals surface area contributed by atoms with Crippen LogP contribution in [0.5, 0.6) is 0 Å². The average Bonchev–Trinajstić information content (AvgIpc) is 3.02. The van der Waals surface area contributed by atoms with Gasteiger partial charge in [0.2, 0.25) is 0 Å². The summed E-state index contributed by atoms with van der Waals surface area (Å²) in [5.74, 6) is -0.745. The molecule has 4 nitrogen and oxygen atoms in total. The molecule has 0 aromatic carbocycles. The first kappa shape index (κ1) is 42.9. The molecule has 1 atom stereocenters. The number of hydrogen-bond acceptors (Lipinski definition) is 3. The van der Waals surface area contributed by atoms with Crippen molar-refractivity contribution in [1.29, 1.82) is 0 Å². The zero-order valence-electron chi connectivity index (χ0n) is 29.7. The lowest BCUT2D eigenvalue weighted by atomic mass is 10.0. The summed E-state index contributed by atoms with van der Waals surface area (Å²) in [7, 11) is 0. The Balaban J connectivity index is 4.17. The highest BCUT2D eigenvalue weighted by Crippen LogP contribution is 2.17. The average molecular weight is 629 g/mol. The molecule has 45 heavy (non-hydrogen) atoms. The number of ether oxygens (including phenoxy) is 1. The largest absolute Gasteiger partial charge is 0.481 e. The van der Waals surface area contributed by atoms with Crippen molar-refractivity contribution in [3.8, 4) is 0 Å². The van der Waals surface area contributed by atoms with E-state index < -0.39 is 5.97 Å². The molecule has 0 saturated carbocycles. The summed E-state index contributed by atoms with van der Waals surface area (Å²) in [5.41, 5.74) is 0. The molecule has 0 fully saturated rings. The molecule has 4 heteroatoms. The Hall–Kier alpha value is -2.10. The number of carboxylic acids is 1. The molecule has 0 heterocycles. The van der Waals surface area contributed by atoms with Gasteiger partial charge in [-0.15, -0.1) is 0 Å². The summed E-state index contributed by atoms with van der Waals surface area (Å²) in [6.07, 6.45) is 48.3. The summed E-state index contributed by atoms with van der Waals surface area (Å²) in [4.78, 5) is 23.3. The molecule has 0 aliphatic heterocycles. The second kappa shape index (κ2) is 36.4. The van der Waals surface area contributed by atoms with Crippen LogP contribution in [0.3, 0.4) is 0 Å². The number of allylic oxidation sites excluding steroid dienone is 8. The van der Waals surface area contributed by atoms with E-state index >= 15 is 0 Å². The summed E-state index contributed by atoms with van der Waals surface area (Å²) in [6.45, 7) is 4.49. The first-order valence-electron chi connectivity index (χ1n) is 19.1. The van der Waals surface area contributed by atoms with Crippen molar-refractivity contribution in [3.63, 3.8) is 0 Å². The molecule has 1 unspecified atom stereocenters. The molecular formula is C41H72O4. The third kappa shape index (κ3) is 36.2. The molecule has 0 radical (unpaired) electrons. The fourth-order valence-electron chi connectivity index (χ4n) is 5.41. The molecule has 0 rings (SSSR count). The van der Waals surface area contributed by atoms with Crippen LogP contribution in [0.15, 0.2) is 48.6 Å². The topological polar surface area (TPSA) is 63.6 Å². The van der Waals surface area contributed by atoms with E-state index in [4.69, 9.17) is 9.84 Å². The van der Waals surface area contributed by atoms with Crippen LogP contribution in [-0.2, 0) is 14.3 Å². The predicted molar refractivity (Wildman–Crippen MR) is 195 cm³/mol. The predicted octanol–water partition coefficient (Wildman–Crippen LogP) is 13.2. The lowest BCUT2D eigenvalue weighted by molar-refractivity contribution is -0.150. The van der Waals surface area contributed by atoms with E-state index in [9.17, 15) is 9.59 Å². The molecular weight excluding hydrogens is 556 g/mol.